The van der Waals surface area contributed by atoms with Crippen LogP contribution in [0.3, 0.4) is 0 Å². The summed E-state index contributed by atoms with van der Waals surface area (Å²) in [6.45, 7) is 3.36. The number of hydrogen-bond acceptors (Lipinski definition) is 4. The van der Waals surface area contributed by atoms with Crippen LogP contribution in [0.1, 0.15) is 12.5 Å². The van der Waals surface area contributed by atoms with Crippen molar-refractivity contribution in [1.82, 2.24) is 4.90 Å². The zero-order valence-electron chi connectivity index (χ0n) is 11.4. The molecule has 1 aromatic rings. The smallest absolute Gasteiger partial charge is 0.322 e. The minimum Gasteiger partial charge on any atom is -0.373 e. The lowest BCUT2D eigenvalue weighted by Gasteiger charge is -2.34. The predicted molar refractivity (Wildman–Crippen MR) is 75.1 cm³/mol. The van der Waals surface area contributed by atoms with Gasteiger partial charge < -0.3 is 20.7 Å². The minimum atomic E-state index is -0.200. The summed E-state index contributed by atoms with van der Waals surface area (Å²) in [6, 6.07) is 8.54. The van der Waals surface area contributed by atoms with Crippen molar-refractivity contribution in [3.05, 3.63) is 29.8 Å². The lowest BCUT2D eigenvalue weighted by Crippen LogP contribution is -2.52. The highest BCUT2D eigenvalue weighted by atomic mass is 16.5. The number of urea groups is 1. The van der Waals surface area contributed by atoms with Crippen molar-refractivity contribution in [2.75, 3.05) is 25.0 Å². The third kappa shape index (κ3) is 3.47. The van der Waals surface area contributed by atoms with E-state index >= 15 is 0 Å². The molecule has 1 fully saturated rings. The normalized spacial score (nSPS) is 20.1. The van der Waals surface area contributed by atoms with Gasteiger partial charge in [-0.25, -0.2) is 4.79 Å². The number of nitriles is 1. The van der Waals surface area contributed by atoms with Crippen LogP contribution in [0.5, 0.6) is 0 Å². The maximum atomic E-state index is 12.2. The van der Waals surface area contributed by atoms with Gasteiger partial charge in [-0.15, -0.1) is 0 Å². The topological polar surface area (TPSA) is 91.4 Å². The Bertz CT molecular complexity index is 524. The molecule has 20 heavy (non-hydrogen) atoms. The molecule has 106 valence electrons. The van der Waals surface area contributed by atoms with Gasteiger partial charge in [-0.1, -0.05) is 6.07 Å². The van der Waals surface area contributed by atoms with E-state index in [1.807, 2.05) is 13.0 Å². The van der Waals surface area contributed by atoms with Gasteiger partial charge in [-0.2, -0.15) is 5.26 Å². The van der Waals surface area contributed by atoms with Gasteiger partial charge in [-0.05, 0) is 25.1 Å². The fourth-order valence-electron chi connectivity index (χ4n) is 2.05. The van der Waals surface area contributed by atoms with Gasteiger partial charge in [0.15, 0.2) is 0 Å². The molecule has 0 saturated carbocycles. The fourth-order valence-corrected chi connectivity index (χ4v) is 2.05. The number of nitrogens with zero attached hydrogens (tertiary/aromatic N) is 2. The van der Waals surface area contributed by atoms with E-state index in [9.17, 15) is 4.79 Å². The highest BCUT2D eigenvalue weighted by molar-refractivity contribution is 5.89. The van der Waals surface area contributed by atoms with E-state index in [0.717, 1.165) is 0 Å². The lowest BCUT2D eigenvalue weighted by atomic mass is 10.1. The number of nitrogens with one attached hydrogen (secondary N) is 1. The average Bonchev–Trinajstić information content (AvgIpc) is 2.47. The summed E-state index contributed by atoms with van der Waals surface area (Å²) in [4.78, 5) is 13.8. The second kappa shape index (κ2) is 6.37. The highest BCUT2D eigenvalue weighted by Crippen LogP contribution is 2.13. The van der Waals surface area contributed by atoms with Crippen LogP contribution in [-0.2, 0) is 4.74 Å². The summed E-state index contributed by atoms with van der Waals surface area (Å²) in [7, 11) is 0. The molecule has 2 amide bonds. The van der Waals surface area contributed by atoms with Crippen molar-refractivity contribution in [3.8, 4) is 6.07 Å². The van der Waals surface area contributed by atoms with Crippen LogP contribution >= 0.6 is 0 Å². The van der Waals surface area contributed by atoms with Gasteiger partial charge in [-0.3, -0.25) is 0 Å². The number of hydrogen-bond donors (Lipinski definition) is 2. The number of anilines is 1. The zero-order valence-corrected chi connectivity index (χ0v) is 11.4. The summed E-state index contributed by atoms with van der Waals surface area (Å²) in [5.74, 6) is 0. The Balaban J connectivity index is 1.99. The molecule has 3 N–H and O–H groups in total. The van der Waals surface area contributed by atoms with Gasteiger partial charge >= 0.3 is 6.03 Å². The van der Waals surface area contributed by atoms with Crippen LogP contribution in [0, 0.1) is 11.3 Å². The molecular weight excluding hydrogens is 256 g/mol. The molecule has 6 heteroatoms. The summed E-state index contributed by atoms with van der Waals surface area (Å²) in [5, 5.41) is 11.6. The van der Waals surface area contributed by atoms with Crippen LogP contribution in [0.4, 0.5) is 10.5 Å². The monoisotopic (exact) mass is 274 g/mol. The SMILES string of the molecule is CC(N)C1CN(C(=O)Nc2cccc(C#N)c2)CCO1. The van der Waals surface area contributed by atoms with E-state index in [-0.39, 0.29) is 18.2 Å². The largest absolute Gasteiger partial charge is 0.373 e. The van der Waals surface area contributed by atoms with E-state index in [4.69, 9.17) is 15.7 Å². The number of amides is 2. The molecule has 0 bridgehead atoms. The summed E-state index contributed by atoms with van der Waals surface area (Å²) in [6.07, 6.45) is -0.139. The molecule has 1 heterocycles. The molecular formula is C14H18N4O2. The van der Waals surface area contributed by atoms with Gasteiger partial charge in [0.25, 0.3) is 0 Å². The first-order valence-corrected chi connectivity index (χ1v) is 6.53. The zero-order chi connectivity index (χ0) is 14.5. The molecule has 0 aromatic heterocycles. The number of ether oxygens (including phenoxy) is 1. The van der Waals surface area contributed by atoms with Crippen LogP contribution in [0.15, 0.2) is 24.3 Å². The van der Waals surface area contributed by atoms with Crippen molar-refractivity contribution in [2.45, 2.75) is 19.1 Å². The first-order chi connectivity index (χ1) is 9.60. The van der Waals surface area contributed by atoms with E-state index in [2.05, 4.69) is 5.32 Å². The molecule has 2 rings (SSSR count). The predicted octanol–water partition coefficient (Wildman–Crippen LogP) is 1.14. The summed E-state index contributed by atoms with van der Waals surface area (Å²) < 4.78 is 5.52. The van der Waals surface area contributed by atoms with Gasteiger partial charge in [0.05, 0.1) is 30.9 Å². The van der Waals surface area contributed by atoms with Crippen LogP contribution in [0.25, 0.3) is 0 Å². The lowest BCUT2D eigenvalue weighted by molar-refractivity contribution is -0.0220. The number of carbonyl (C=O) groups is 1. The van der Waals surface area contributed by atoms with Crippen molar-refractivity contribution >= 4 is 11.7 Å². The highest BCUT2D eigenvalue weighted by Gasteiger charge is 2.26. The molecule has 6 nitrogen and oxygen atoms in total. The molecule has 0 spiro atoms. The van der Waals surface area contributed by atoms with Crippen molar-refractivity contribution in [3.63, 3.8) is 0 Å². The molecule has 1 aromatic carbocycles. The number of rotatable bonds is 2. The van der Waals surface area contributed by atoms with Crippen molar-refractivity contribution in [1.29, 1.82) is 5.26 Å². The Labute approximate surface area is 118 Å². The van der Waals surface area contributed by atoms with Crippen LogP contribution in [0.2, 0.25) is 0 Å². The summed E-state index contributed by atoms with van der Waals surface area (Å²) >= 11 is 0. The van der Waals surface area contributed by atoms with Gasteiger partial charge in [0.1, 0.15) is 0 Å². The first kappa shape index (κ1) is 14.3. The van der Waals surface area contributed by atoms with E-state index in [1.54, 1.807) is 29.2 Å². The molecule has 0 radical (unpaired) electrons. The second-order valence-corrected chi connectivity index (χ2v) is 4.84. The summed E-state index contributed by atoms with van der Waals surface area (Å²) in [5.41, 5.74) is 6.92. The Morgan fingerprint density at radius 1 is 1.65 bits per heavy atom. The molecule has 2 atom stereocenters. The van der Waals surface area contributed by atoms with Gasteiger partial charge in [0, 0.05) is 18.3 Å². The van der Waals surface area contributed by atoms with E-state index in [0.29, 0.717) is 30.9 Å². The number of morpholine rings is 1. The van der Waals surface area contributed by atoms with Crippen LogP contribution in [-0.4, -0.2) is 42.8 Å². The molecule has 0 aliphatic carbocycles. The Kier molecular flexibility index (Phi) is 4.56. The van der Waals surface area contributed by atoms with E-state index < -0.39 is 0 Å². The molecule has 2 unspecified atom stereocenters. The number of benzene rings is 1. The van der Waals surface area contributed by atoms with Crippen LogP contribution < -0.4 is 11.1 Å². The van der Waals surface area contributed by atoms with Crippen molar-refractivity contribution < 1.29 is 9.53 Å². The Hall–Kier alpha value is -2.10. The maximum Gasteiger partial charge on any atom is 0.322 e. The third-order valence-corrected chi connectivity index (χ3v) is 3.21. The molecule has 1 saturated heterocycles. The standard InChI is InChI=1S/C14H18N4O2/c1-10(16)13-9-18(5-6-20-13)14(19)17-12-4-2-3-11(7-12)8-15/h2-4,7,10,13H,5-6,9,16H2,1H3,(H,17,19). The third-order valence-electron chi connectivity index (χ3n) is 3.21. The Morgan fingerprint density at radius 3 is 3.15 bits per heavy atom. The average molecular weight is 274 g/mol. The number of carbonyl (C=O) groups excluding carboxylic acids is 1. The fraction of sp³-hybridized carbons (Fsp3) is 0.429. The molecule has 1 aliphatic heterocycles. The van der Waals surface area contributed by atoms with Crippen molar-refractivity contribution in [2.24, 2.45) is 5.73 Å². The number of nitrogens with two attached hydrogens (primary N) is 1. The first-order valence-electron chi connectivity index (χ1n) is 6.53. The second-order valence-electron chi connectivity index (χ2n) is 4.84. The van der Waals surface area contributed by atoms with Gasteiger partial charge in [0.2, 0.25) is 0 Å². The maximum absolute atomic E-state index is 12.2. The minimum absolute atomic E-state index is 0.118. The molecule has 1 aliphatic rings. The quantitative estimate of drug-likeness (QED) is 0.846. The Morgan fingerprint density at radius 2 is 2.45 bits per heavy atom. The van der Waals surface area contributed by atoms with E-state index in [1.165, 1.54) is 0 Å².